The summed E-state index contributed by atoms with van der Waals surface area (Å²) >= 11 is 0. The van der Waals surface area contributed by atoms with Gasteiger partial charge in [0.2, 0.25) is 0 Å². The van der Waals surface area contributed by atoms with Gasteiger partial charge in [0, 0.05) is 18.6 Å². The Bertz CT molecular complexity index is 431. The fourth-order valence-corrected chi connectivity index (χ4v) is 2.85. The first-order chi connectivity index (χ1) is 9.25. The molecule has 1 saturated carbocycles. The summed E-state index contributed by atoms with van der Waals surface area (Å²) in [5.74, 6) is 0. The quantitative estimate of drug-likeness (QED) is 0.879. The lowest BCUT2D eigenvalue weighted by Crippen LogP contribution is -2.42. The minimum atomic E-state index is 0.347. The molecule has 1 aliphatic heterocycles. The van der Waals surface area contributed by atoms with E-state index in [1.807, 2.05) is 0 Å². The van der Waals surface area contributed by atoms with E-state index in [-0.39, 0.29) is 0 Å². The summed E-state index contributed by atoms with van der Waals surface area (Å²) in [7, 11) is 2.25. The van der Waals surface area contributed by atoms with Crippen molar-refractivity contribution in [2.75, 3.05) is 20.2 Å². The molecule has 3 heteroatoms. The highest BCUT2D eigenvalue weighted by atomic mass is 16.5. The van der Waals surface area contributed by atoms with E-state index in [1.165, 1.54) is 24.0 Å². The lowest BCUT2D eigenvalue weighted by atomic mass is 9.99. The third kappa shape index (κ3) is 2.99. The van der Waals surface area contributed by atoms with Crippen molar-refractivity contribution in [1.29, 1.82) is 0 Å². The molecule has 0 aromatic heterocycles. The van der Waals surface area contributed by atoms with Crippen LogP contribution in [0.5, 0.6) is 0 Å². The van der Waals surface area contributed by atoms with Gasteiger partial charge in [-0.2, -0.15) is 0 Å². The van der Waals surface area contributed by atoms with Crippen LogP contribution in [0.2, 0.25) is 0 Å². The molecule has 0 saturated heterocycles. The third-order valence-electron chi connectivity index (χ3n) is 4.45. The second-order valence-corrected chi connectivity index (χ2v) is 5.92. The molecule has 104 valence electrons. The molecule has 1 heterocycles. The van der Waals surface area contributed by atoms with Crippen LogP contribution < -0.4 is 5.32 Å². The second-order valence-electron chi connectivity index (χ2n) is 5.92. The Labute approximate surface area is 115 Å². The molecule has 1 aromatic rings. The first kappa shape index (κ1) is 13.1. The standard InChI is InChI=1S/C16H24N2O/c1-12(18(2)14-7-8-14)9-17-16-11-19-10-13-5-3-4-6-15(13)16/h3-6,12,14,16-17H,7-11H2,1-2H3. The van der Waals surface area contributed by atoms with Gasteiger partial charge in [-0.1, -0.05) is 24.3 Å². The van der Waals surface area contributed by atoms with Crippen LogP contribution in [0.25, 0.3) is 0 Å². The average Bonchev–Trinajstić information content (AvgIpc) is 3.28. The Morgan fingerprint density at radius 3 is 2.95 bits per heavy atom. The summed E-state index contributed by atoms with van der Waals surface area (Å²) in [6.45, 7) is 4.87. The molecule has 0 radical (unpaired) electrons. The highest BCUT2D eigenvalue weighted by Crippen LogP contribution is 2.27. The average molecular weight is 260 g/mol. The number of nitrogens with zero attached hydrogens (tertiary/aromatic N) is 1. The molecule has 2 atom stereocenters. The summed E-state index contributed by atoms with van der Waals surface area (Å²) in [6.07, 6.45) is 2.74. The zero-order valence-electron chi connectivity index (χ0n) is 11.9. The van der Waals surface area contributed by atoms with Gasteiger partial charge in [0.15, 0.2) is 0 Å². The van der Waals surface area contributed by atoms with E-state index in [9.17, 15) is 0 Å². The molecular weight excluding hydrogens is 236 g/mol. The van der Waals surface area contributed by atoms with Crippen LogP contribution in [-0.2, 0) is 11.3 Å². The molecule has 1 fully saturated rings. The van der Waals surface area contributed by atoms with Crippen molar-refractivity contribution in [2.24, 2.45) is 0 Å². The largest absolute Gasteiger partial charge is 0.375 e. The van der Waals surface area contributed by atoms with Gasteiger partial charge in [0.1, 0.15) is 0 Å². The summed E-state index contributed by atoms with van der Waals surface area (Å²) in [4.78, 5) is 2.50. The van der Waals surface area contributed by atoms with Crippen LogP contribution in [0.3, 0.4) is 0 Å². The summed E-state index contributed by atoms with van der Waals surface area (Å²) in [5.41, 5.74) is 2.74. The second kappa shape index (κ2) is 5.61. The first-order valence-electron chi connectivity index (χ1n) is 7.36. The maximum absolute atomic E-state index is 5.69. The molecule has 2 aliphatic rings. The Kier molecular flexibility index (Phi) is 3.87. The molecule has 3 nitrogen and oxygen atoms in total. The lowest BCUT2D eigenvalue weighted by Gasteiger charge is -2.30. The van der Waals surface area contributed by atoms with E-state index in [1.54, 1.807) is 0 Å². The number of hydrogen-bond donors (Lipinski definition) is 1. The zero-order valence-corrected chi connectivity index (χ0v) is 11.9. The molecule has 1 aliphatic carbocycles. The molecule has 0 spiro atoms. The van der Waals surface area contributed by atoms with Gasteiger partial charge in [-0.3, -0.25) is 4.90 Å². The normalized spacial score (nSPS) is 24.3. The smallest absolute Gasteiger partial charge is 0.0721 e. The molecule has 0 bridgehead atoms. The van der Waals surface area contributed by atoms with Gasteiger partial charge in [-0.05, 0) is 37.9 Å². The van der Waals surface area contributed by atoms with Crippen LogP contribution in [0.1, 0.15) is 36.9 Å². The van der Waals surface area contributed by atoms with Crippen LogP contribution in [-0.4, -0.2) is 37.2 Å². The highest BCUT2D eigenvalue weighted by Gasteiger charge is 2.29. The first-order valence-corrected chi connectivity index (χ1v) is 7.36. The number of nitrogens with one attached hydrogen (secondary N) is 1. The summed E-state index contributed by atoms with van der Waals surface area (Å²) in [6, 6.07) is 10.4. The van der Waals surface area contributed by atoms with E-state index in [2.05, 4.69) is 48.5 Å². The van der Waals surface area contributed by atoms with Crippen molar-refractivity contribution in [3.8, 4) is 0 Å². The van der Waals surface area contributed by atoms with Crippen molar-refractivity contribution in [3.05, 3.63) is 35.4 Å². The number of likely N-dealkylation sites (N-methyl/N-ethyl adjacent to an activating group) is 1. The summed E-state index contributed by atoms with van der Waals surface area (Å²) in [5, 5.41) is 3.67. The number of hydrogen-bond acceptors (Lipinski definition) is 3. The van der Waals surface area contributed by atoms with Crippen molar-refractivity contribution in [1.82, 2.24) is 10.2 Å². The molecule has 2 unspecified atom stereocenters. The Balaban J connectivity index is 1.58. The molecule has 0 amide bonds. The number of fused-ring (bicyclic) bond motifs is 1. The monoisotopic (exact) mass is 260 g/mol. The van der Waals surface area contributed by atoms with Gasteiger partial charge < -0.3 is 10.1 Å². The summed E-state index contributed by atoms with van der Waals surface area (Å²) < 4.78 is 5.69. The molecule has 1 aromatic carbocycles. The fourth-order valence-electron chi connectivity index (χ4n) is 2.85. The van der Waals surface area contributed by atoms with Crippen molar-refractivity contribution >= 4 is 0 Å². The Morgan fingerprint density at radius 2 is 2.16 bits per heavy atom. The highest BCUT2D eigenvalue weighted by molar-refractivity contribution is 5.31. The minimum Gasteiger partial charge on any atom is -0.375 e. The fraction of sp³-hybridized carbons (Fsp3) is 0.625. The Morgan fingerprint density at radius 1 is 1.37 bits per heavy atom. The van der Waals surface area contributed by atoms with E-state index >= 15 is 0 Å². The zero-order chi connectivity index (χ0) is 13.2. The van der Waals surface area contributed by atoms with Crippen LogP contribution >= 0.6 is 0 Å². The van der Waals surface area contributed by atoms with Gasteiger partial charge in [0.05, 0.1) is 19.3 Å². The predicted octanol–water partition coefficient (Wildman–Crippen LogP) is 2.33. The number of ether oxygens (including phenoxy) is 1. The molecule has 19 heavy (non-hydrogen) atoms. The van der Waals surface area contributed by atoms with Crippen LogP contribution in [0.15, 0.2) is 24.3 Å². The van der Waals surface area contributed by atoms with Crippen molar-refractivity contribution < 1.29 is 4.74 Å². The van der Waals surface area contributed by atoms with Crippen LogP contribution in [0.4, 0.5) is 0 Å². The van der Waals surface area contributed by atoms with E-state index in [0.29, 0.717) is 12.1 Å². The topological polar surface area (TPSA) is 24.5 Å². The van der Waals surface area contributed by atoms with Gasteiger partial charge in [-0.25, -0.2) is 0 Å². The number of benzene rings is 1. The molecule has 3 rings (SSSR count). The molecular formula is C16H24N2O. The van der Waals surface area contributed by atoms with Gasteiger partial charge >= 0.3 is 0 Å². The van der Waals surface area contributed by atoms with Crippen molar-refractivity contribution in [3.63, 3.8) is 0 Å². The van der Waals surface area contributed by atoms with Crippen LogP contribution in [0, 0.1) is 0 Å². The van der Waals surface area contributed by atoms with E-state index < -0.39 is 0 Å². The maximum Gasteiger partial charge on any atom is 0.0721 e. The Hall–Kier alpha value is -0.900. The van der Waals surface area contributed by atoms with Gasteiger partial charge in [-0.15, -0.1) is 0 Å². The van der Waals surface area contributed by atoms with Gasteiger partial charge in [0.25, 0.3) is 0 Å². The lowest BCUT2D eigenvalue weighted by molar-refractivity contribution is 0.0794. The van der Waals surface area contributed by atoms with E-state index in [0.717, 1.165) is 25.8 Å². The van der Waals surface area contributed by atoms with Crippen molar-refractivity contribution in [2.45, 2.75) is 44.5 Å². The number of rotatable bonds is 5. The van der Waals surface area contributed by atoms with E-state index in [4.69, 9.17) is 4.74 Å². The maximum atomic E-state index is 5.69. The third-order valence-corrected chi connectivity index (χ3v) is 4.45. The molecule has 1 N–H and O–H groups in total. The minimum absolute atomic E-state index is 0.347. The SMILES string of the molecule is CC(CNC1COCc2ccccc21)N(C)C1CC1. The predicted molar refractivity (Wildman–Crippen MR) is 77.1 cm³/mol.